The number of aliphatic hydroxyl groups excluding tert-OH is 4. The van der Waals surface area contributed by atoms with E-state index in [0.717, 1.165) is 11.8 Å². The fraction of sp³-hybridized carbons (Fsp3) is 0.400. The second-order valence-corrected chi connectivity index (χ2v) is 8.52. The van der Waals surface area contributed by atoms with E-state index in [-0.39, 0.29) is 34.9 Å². The molecule has 14 heteroatoms. The molecule has 1 aliphatic rings. The maximum absolute atomic E-state index is 10.9. The molecule has 13 nitrogen and oxygen atoms in total. The minimum absolute atomic E-state index is 0.0740. The molecule has 0 bridgehead atoms. The van der Waals surface area contributed by atoms with Gasteiger partial charge in [-0.25, -0.2) is 19.7 Å². The summed E-state index contributed by atoms with van der Waals surface area (Å²) in [5.41, 5.74) is 6.55. The van der Waals surface area contributed by atoms with Gasteiger partial charge < -0.3 is 40.7 Å². The summed E-state index contributed by atoms with van der Waals surface area (Å²) in [6, 6.07) is 5.78. The molecule has 0 spiro atoms. The number of nitrogen functional groups attached to an aromatic ring is 1. The van der Waals surface area contributed by atoms with Crippen LogP contribution in [0.25, 0.3) is 11.2 Å². The smallest absolute Gasteiger partial charge is 0.335 e. The van der Waals surface area contributed by atoms with E-state index in [2.05, 4.69) is 15.0 Å². The fourth-order valence-corrected chi connectivity index (χ4v) is 4.36. The maximum Gasteiger partial charge on any atom is 0.335 e. The number of imidazole rings is 1. The van der Waals surface area contributed by atoms with Crippen LogP contribution < -0.4 is 10.5 Å². The number of aromatic carboxylic acids is 1. The van der Waals surface area contributed by atoms with Gasteiger partial charge in [0, 0.05) is 5.75 Å². The average molecular weight is 493 g/mol. The zero-order valence-corrected chi connectivity index (χ0v) is 18.4. The summed E-state index contributed by atoms with van der Waals surface area (Å²) in [6.07, 6.45) is -4.51. The highest BCUT2D eigenvalue weighted by Crippen LogP contribution is 2.36. The Kier molecular flexibility index (Phi) is 7.16. The Morgan fingerprint density at radius 1 is 1.24 bits per heavy atom. The van der Waals surface area contributed by atoms with Crippen molar-refractivity contribution in [1.29, 1.82) is 0 Å². The Balaban J connectivity index is 1.49. The van der Waals surface area contributed by atoms with E-state index >= 15 is 0 Å². The van der Waals surface area contributed by atoms with Gasteiger partial charge in [0.15, 0.2) is 28.4 Å². The van der Waals surface area contributed by atoms with E-state index < -0.39 is 43.2 Å². The molecule has 0 amide bonds. The van der Waals surface area contributed by atoms with Crippen LogP contribution in [-0.4, -0.2) is 94.4 Å². The summed E-state index contributed by atoms with van der Waals surface area (Å²) in [4.78, 5) is 23.4. The molecule has 7 N–H and O–H groups in total. The lowest BCUT2D eigenvalue weighted by molar-refractivity contribution is -0.0548. The highest BCUT2D eigenvalue weighted by atomic mass is 32.2. The number of benzene rings is 1. The Bertz CT molecular complexity index is 1160. The van der Waals surface area contributed by atoms with Gasteiger partial charge >= 0.3 is 5.97 Å². The van der Waals surface area contributed by atoms with Crippen molar-refractivity contribution in [3.8, 4) is 5.75 Å². The summed E-state index contributed by atoms with van der Waals surface area (Å²) in [6.45, 7) is -0.570. The molecular weight excluding hydrogens is 470 g/mol. The standard InChI is InChI=1S/C20H23N5O8S/c21-16-13-17(23-8-22-16)25(18-15(29)14(28)12(5-26)33-18)20(24-13)34-7-10(27)6-32-11-3-1-9(2-4-11)19(30)31/h1-4,8,10,12,14-15,18,26-29H,5-7H2,(H,30,31)(H2,21,22,23)/t10-,12-,14-,15-,18-/m1/s1. The number of aromatic nitrogens is 4. The van der Waals surface area contributed by atoms with Gasteiger partial charge in [-0.05, 0) is 24.3 Å². The highest BCUT2D eigenvalue weighted by Gasteiger charge is 2.45. The number of hydrogen-bond donors (Lipinski definition) is 6. The van der Waals surface area contributed by atoms with Gasteiger partial charge in [-0.1, -0.05) is 11.8 Å². The molecule has 0 saturated carbocycles. The Morgan fingerprint density at radius 3 is 2.62 bits per heavy atom. The molecule has 2 aromatic heterocycles. The van der Waals surface area contributed by atoms with Gasteiger partial charge in [0.05, 0.1) is 18.3 Å². The van der Waals surface area contributed by atoms with E-state index in [1.54, 1.807) is 0 Å². The molecule has 1 fully saturated rings. The maximum atomic E-state index is 10.9. The van der Waals surface area contributed by atoms with Crippen LogP contribution in [0.5, 0.6) is 5.75 Å². The van der Waals surface area contributed by atoms with Crippen LogP contribution in [0.4, 0.5) is 5.82 Å². The van der Waals surface area contributed by atoms with Crippen molar-refractivity contribution < 1.29 is 39.8 Å². The molecular formula is C20H23N5O8S. The van der Waals surface area contributed by atoms with Crippen LogP contribution in [0.15, 0.2) is 35.7 Å². The number of aliphatic hydroxyl groups is 4. The molecule has 1 saturated heterocycles. The minimum atomic E-state index is -1.37. The van der Waals surface area contributed by atoms with Gasteiger partial charge in [-0.3, -0.25) is 4.57 Å². The molecule has 34 heavy (non-hydrogen) atoms. The summed E-state index contributed by atoms with van der Waals surface area (Å²) >= 11 is 1.12. The Hall–Kier alpha value is -3.01. The molecule has 0 radical (unpaired) electrons. The Labute approximate surface area is 196 Å². The van der Waals surface area contributed by atoms with Crippen molar-refractivity contribution in [2.24, 2.45) is 0 Å². The van der Waals surface area contributed by atoms with Crippen molar-refractivity contribution in [3.63, 3.8) is 0 Å². The van der Waals surface area contributed by atoms with Crippen LogP contribution in [0, 0.1) is 0 Å². The lowest BCUT2D eigenvalue weighted by Crippen LogP contribution is -2.33. The number of ether oxygens (including phenoxy) is 2. The van der Waals surface area contributed by atoms with Gasteiger partial charge in [-0.2, -0.15) is 0 Å². The quantitative estimate of drug-likeness (QED) is 0.203. The predicted octanol–water partition coefficient (Wildman–Crippen LogP) is -0.750. The summed E-state index contributed by atoms with van der Waals surface area (Å²) in [7, 11) is 0. The topological polar surface area (TPSA) is 206 Å². The number of thioether (sulfide) groups is 1. The second kappa shape index (κ2) is 10.1. The molecule has 0 aliphatic carbocycles. The van der Waals surface area contributed by atoms with Crippen LogP contribution in [0.1, 0.15) is 16.6 Å². The highest BCUT2D eigenvalue weighted by molar-refractivity contribution is 7.99. The van der Waals surface area contributed by atoms with E-state index in [9.17, 15) is 25.2 Å². The molecule has 1 aliphatic heterocycles. The molecule has 4 rings (SSSR count). The van der Waals surface area contributed by atoms with Gasteiger partial charge in [0.25, 0.3) is 0 Å². The van der Waals surface area contributed by atoms with Gasteiger partial charge in [0.2, 0.25) is 0 Å². The average Bonchev–Trinajstić information content (AvgIpc) is 3.34. The van der Waals surface area contributed by atoms with Crippen LogP contribution in [-0.2, 0) is 4.74 Å². The second-order valence-electron chi connectivity index (χ2n) is 7.53. The normalized spacial score (nSPS) is 23.3. The summed E-state index contributed by atoms with van der Waals surface area (Å²) in [5, 5.41) is 49.7. The van der Waals surface area contributed by atoms with Crippen molar-refractivity contribution in [1.82, 2.24) is 19.5 Å². The van der Waals surface area contributed by atoms with Crippen molar-refractivity contribution in [2.45, 2.75) is 35.8 Å². The lowest BCUT2D eigenvalue weighted by atomic mass is 10.1. The third-order valence-corrected chi connectivity index (χ3v) is 6.29. The number of hydrogen-bond acceptors (Lipinski definition) is 12. The molecule has 182 valence electrons. The number of carboxylic acids is 1. The molecule has 5 atom stereocenters. The van der Waals surface area contributed by atoms with Crippen LogP contribution in [0.3, 0.4) is 0 Å². The van der Waals surface area contributed by atoms with E-state index in [4.69, 9.17) is 20.3 Å². The molecule has 1 aromatic carbocycles. The monoisotopic (exact) mass is 493 g/mol. The lowest BCUT2D eigenvalue weighted by Gasteiger charge is -2.19. The zero-order chi connectivity index (χ0) is 24.4. The first-order valence-electron chi connectivity index (χ1n) is 10.2. The van der Waals surface area contributed by atoms with Gasteiger partial charge in [0.1, 0.15) is 37.0 Å². The number of carbonyl (C=O) groups is 1. The van der Waals surface area contributed by atoms with Crippen molar-refractivity contribution >= 4 is 34.7 Å². The predicted molar refractivity (Wildman–Crippen MR) is 118 cm³/mol. The number of fused-ring (bicyclic) bond motifs is 1. The fourth-order valence-electron chi connectivity index (χ4n) is 3.44. The first kappa shape index (κ1) is 24.1. The number of carboxylic acid groups (broad SMARTS) is 1. The third-order valence-electron chi connectivity index (χ3n) is 5.19. The summed E-state index contributed by atoms with van der Waals surface area (Å²) < 4.78 is 12.6. The molecule has 0 unspecified atom stereocenters. The SMILES string of the molecule is Nc1ncnc2c1nc(SC[C@H](O)COc1ccc(C(=O)O)cc1)n2[C@@H]1O[C@H](CO)[C@@H](O)[C@H]1O. The van der Waals surface area contributed by atoms with E-state index in [1.807, 2.05) is 0 Å². The largest absolute Gasteiger partial charge is 0.491 e. The van der Waals surface area contributed by atoms with Crippen LogP contribution >= 0.6 is 11.8 Å². The van der Waals surface area contributed by atoms with Gasteiger partial charge in [-0.15, -0.1) is 0 Å². The first-order chi connectivity index (χ1) is 16.3. The first-order valence-corrected chi connectivity index (χ1v) is 11.2. The Morgan fingerprint density at radius 2 is 1.97 bits per heavy atom. The minimum Gasteiger partial charge on any atom is -0.491 e. The molecule has 3 aromatic rings. The van der Waals surface area contributed by atoms with Crippen molar-refractivity contribution in [2.75, 3.05) is 24.7 Å². The van der Waals surface area contributed by atoms with Crippen LogP contribution in [0.2, 0.25) is 0 Å². The zero-order valence-electron chi connectivity index (χ0n) is 17.6. The summed E-state index contributed by atoms with van der Waals surface area (Å²) in [5.74, 6) is -0.425. The molecule has 3 heterocycles. The number of nitrogens with zero attached hydrogens (tertiary/aromatic N) is 4. The number of nitrogens with two attached hydrogens (primary N) is 1. The van der Waals surface area contributed by atoms with E-state index in [0.29, 0.717) is 10.9 Å². The third kappa shape index (κ3) is 4.77. The van der Waals surface area contributed by atoms with E-state index in [1.165, 1.54) is 35.2 Å². The van der Waals surface area contributed by atoms with Crippen molar-refractivity contribution in [3.05, 3.63) is 36.2 Å². The number of anilines is 1. The number of rotatable bonds is 9.